The molecule has 0 radical (unpaired) electrons. The molecule has 1 aromatic carbocycles. The molecule has 56 valence electrons. The number of alkyl halides is 1. The predicted molar refractivity (Wildman–Crippen MR) is 53.0 cm³/mol. The SMILES string of the molecule is [C-]#[N+]c1ccc(CBr)cc1Br. The zero-order valence-corrected chi connectivity index (χ0v) is 8.81. The molecule has 11 heavy (non-hydrogen) atoms. The molecule has 0 aliphatic carbocycles. The summed E-state index contributed by atoms with van der Waals surface area (Å²) in [4.78, 5) is 3.33. The molecular weight excluding hydrogens is 270 g/mol. The van der Waals surface area contributed by atoms with E-state index in [1.165, 1.54) is 5.56 Å². The molecule has 0 saturated heterocycles. The zero-order valence-electron chi connectivity index (χ0n) is 5.64. The maximum Gasteiger partial charge on any atom is 0.201 e. The Bertz CT molecular complexity index is 301. The lowest BCUT2D eigenvalue weighted by atomic mass is 10.2. The van der Waals surface area contributed by atoms with Crippen molar-refractivity contribution in [1.82, 2.24) is 0 Å². The van der Waals surface area contributed by atoms with E-state index in [1.807, 2.05) is 18.2 Å². The van der Waals surface area contributed by atoms with Crippen LogP contribution in [0.15, 0.2) is 22.7 Å². The van der Waals surface area contributed by atoms with Gasteiger partial charge in [0.15, 0.2) is 0 Å². The minimum Gasteiger partial charge on any atom is -0.237 e. The number of hydrogen-bond acceptors (Lipinski definition) is 0. The Morgan fingerprint density at radius 2 is 2.18 bits per heavy atom. The minimum atomic E-state index is 0.662. The van der Waals surface area contributed by atoms with E-state index in [0.29, 0.717) is 5.69 Å². The average Bonchev–Trinajstić information content (AvgIpc) is 2.04. The molecule has 0 heterocycles. The van der Waals surface area contributed by atoms with Gasteiger partial charge in [0, 0.05) is 9.80 Å². The number of benzene rings is 1. The Morgan fingerprint density at radius 1 is 1.45 bits per heavy atom. The summed E-state index contributed by atoms with van der Waals surface area (Å²) in [6.07, 6.45) is 0. The summed E-state index contributed by atoms with van der Waals surface area (Å²) in [5, 5.41) is 0.823. The Balaban J connectivity index is 3.12. The summed E-state index contributed by atoms with van der Waals surface area (Å²) in [6, 6.07) is 5.70. The van der Waals surface area contributed by atoms with Gasteiger partial charge in [0.2, 0.25) is 5.69 Å². The van der Waals surface area contributed by atoms with Crippen molar-refractivity contribution in [3.63, 3.8) is 0 Å². The maximum absolute atomic E-state index is 6.80. The molecule has 0 atom stereocenters. The van der Waals surface area contributed by atoms with Crippen molar-refractivity contribution < 1.29 is 0 Å². The molecule has 0 fully saturated rings. The second-order valence-corrected chi connectivity index (χ2v) is 3.45. The standard InChI is InChI=1S/C8H5Br2N/c1-11-8-3-2-6(5-9)4-7(8)10/h2-4H,5H2. The Hall–Kier alpha value is -0.330. The van der Waals surface area contributed by atoms with E-state index in [9.17, 15) is 0 Å². The fourth-order valence-electron chi connectivity index (χ4n) is 0.724. The van der Waals surface area contributed by atoms with Crippen LogP contribution in [0.5, 0.6) is 0 Å². The number of nitrogens with zero attached hydrogens (tertiary/aromatic N) is 1. The van der Waals surface area contributed by atoms with Gasteiger partial charge in [-0.25, -0.2) is 4.85 Å². The predicted octanol–water partition coefficient (Wildman–Crippen LogP) is 3.89. The van der Waals surface area contributed by atoms with Gasteiger partial charge in [0.05, 0.1) is 6.57 Å². The van der Waals surface area contributed by atoms with Gasteiger partial charge in [-0.2, -0.15) is 0 Å². The molecule has 0 N–H and O–H groups in total. The van der Waals surface area contributed by atoms with Crippen molar-refractivity contribution >= 4 is 37.5 Å². The molecule has 0 aliphatic rings. The molecule has 0 unspecified atom stereocenters. The Labute approximate surface area is 82.5 Å². The van der Waals surface area contributed by atoms with E-state index in [4.69, 9.17) is 6.57 Å². The van der Waals surface area contributed by atoms with Crippen LogP contribution in [0.1, 0.15) is 5.56 Å². The lowest BCUT2D eigenvalue weighted by Crippen LogP contribution is -1.75. The summed E-state index contributed by atoms with van der Waals surface area (Å²) in [5.74, 6) is 0. The average molecular weight is 275 g/mol. The van der Waals surface area contributed by atoms with Gasteiger partial charge >= 0.3 is 0 Å². The van der Waals surface area contributed by atoms with Crippen molar-refractivity contribution in [3.8, 4) is 0 Å². The molecule has 0 aromatic heterocycles. The Kier molecular flexibility index (Phi) is 3.10. The molecule has 0 amide bonds. The van der Waals surface area contributed by atoms with Crippen LogP contribution in [-0.2, 0) is 5.33 Å². The van der Waals surface area contributed by atoms with E-state index in [1.54, 1.807) is 0 Å². The topological polar surface area (TPSA) is 4.36 Å². The van der Waals surface area contributed by atoms with Gasteiger partial charge < -0.3 is 0 Å². The van der Waals surface area contributed by atoms with Crippen LogP contribution >= 0.6 is 31.9 Å². The third kappa shape index (κ3) is 2.05. The summed E-state index contributed by atoms with van der Waals surface area (Å²) < 4.78 is 0.865. The van der Waals surface area contributed by atoms with Crippen LogP contribution in [-0.4, -0.2) is 0 Å². The highest BCUT2D eigenvalue weighted by Crippen LogP contribution is 2.26. The van der Waals surface area contributed by atoms with Crippen LogP contribution < -0.4 is 0 Å². The van der Waals surface area contributed by atoms with Crippen LogP contribution in [0.2, 0.25) is 0 Å². The van der Waals surface area contributed by atoms with Crippen molar-refractivity contribution in [2.24, 2.45) is 0 Å². The monoisotopic (exact) mass is 273 g/mol. The highest BCUT2D eigenvalue weighted by Gasteiger charge is 1.98. The maximum atomic E-state index is 6.80. The molecule has 0 aliphatic heterocycles. The van der Waals surface area contributed by atoms with Crippen molar-refractivity contribution in [2.45, 2.75) is 5.33 Å². The van der Waals surface area contributed by atoms with Crippen LogP contribution in [0.3, 0.4) is 0 Å². The summed E-state index contributed by atoms with van der Waals surface area (Å²) in [6.45, 7) is 6.80. The van der Waals surface area contributed by atoms with Crippen molar-refractivity contribution in [1.29, 1.82) is 0 Å². The normalized spacial score (nSPS) is 9.18. The molecule has 0 saturated carbocycles. The molecule has 0 bridgehead atoms. The smallest absolute Gasteiger partial charge is 0.201 e. The van der Waals surface area contributed by atoms with Crippen LogP contribution in [0, 0.1) is 6.57 Å². The first-order chi connectivity index (χ1) is 5.27. The van der Waals surface area contributed by atoms with E-state index >= 15 is 0 Å². The molecular formula is C8H5Br2N. The molecule has 1 rings (SSSR count). The molecule has 3 heteroatoms. The van der Waals surface area contributed by atoms with Crippen LogP contribution in [0.4, 0.5) is 5.69 Å². The molecule has 0 spiro atoms. The fourth-order valence-corrected chi connectivity index (χ4v) is 1.59. The van der Waals surface area contributed by atoms with Gasteiger partial charge in [0.25, 0.3) is 0 Å². The lowest BCUT2D eigenvalue weighted by molar-refractivity contribution is 1.43. The number of halogens is 2. The van der Waals surface area contributed by atoms with E-state index in [2.05, 4.69) is 36.7 Å². The van der Waals surface area contributed by atoms with Gasteiger partial charge in [-0.05, 0) is 5.56 Å². The summed E-state index contributed by atoms with van der Waals surface area (Å²) >= 11 is 6.65. The fraction of sp³-hybridized carbons (Fsp3) is 0.125. The number of hydrogen-bond donors (Lipinski definition) is 0. The molecule has 1 aromatic rings. The quantitative estimate of drug-likeness (QED) is 0.541. The lowest BCUT2D eigenvalue weighted by Gasteiger charge is -1.97. The first-order valence-corrected chi connectivity index (χ1v) is 4.91. The summed E-state index contributed by atoms with van der Waals surface area (Å²) in [7, 11) is 0. The van der Waals surface area contributed by atoms with Gasteiger partial charge in [0.1, 0.15) is 0 Å². The zero-order chi connectivity index (χ0) is 8.27. The molecule has 1 nitrogen and oxygen atoms in total. The minimum absolute atomic E-state index is 0.662. The highest BCUT2D eigenvalue weighted by molar-refractivity contribution is 9.10. The van der Waals surface area contributed by atoms with E-state index < -0.39 is 0 Å². The largest absolute Gasteiger partial charge is 0.237 e. The van der Waals surface area contributed by atoms with E-state index in [-0.39, 0.29) is 0 Å². The summed E-state index contributed by atoms with van der Waals surface area (Å²) in [5.41, 5.74) is 1.83. The number of rotatable bonds is 1. The first-order valence-electron chi connectivity index (χ1n) is 3.00. The second-order valence-electron chi connectivity index (χ2n) is 2.03. The van der Waals surface area contributed by atoms with Gasteiger partial charge in [-0.15, -0.1) is 0 Å². The van der Waals surface area contributed by atoms with Gasteiger partial charge in [-0.3, -0.25) is 0 Å². The van der Waals surface area contributed by atoms with Crippen molar-refractivity contribution in [3.05, 3.63) is 39.7 Å². The third-order valence-corrected chi connectivity index (χ3v) is 2.57. The van der Waals surface area contributed by atoms with Gasteiger partial charge in [-0.1, -0.05) is 50.1 Å². The van der Waals surface area contributed by atoms with E-state index in [0.717, 1.165) is 9.80 Å². The first kappa shape index (κ1) is 8.76. The van der Waals surface area contributed by atoms with Crippen LogP contribution in [0.25, 0.3) is 4.85 Å². The third-order valence-electron chi connectivity index (χ3n) is 1.29. The highest BCUT2D eigenvalue weighted by atomic mass is 79.9. The second kappa shape index (κ2) is 3.89. The Morgan fingerprint density at radius 3 is 2.64 bits per heavy atom. The van der Waals surface area contributed by atoms with Crippen molar-refractivity contribution in [2.75, 3.05) is 0 Å².